The van der Waals surface area contributed by atoms with Gasteiger partial charge in [0, 0.05) is 6.04 Å². The van der Waals surface area contributed by atoms with Gasteiger partial charge in [-0.2, -0.15) is 0 Å². The summed E-state index contributed by atoms with van der Waals surface area (Å²) < 4.78 is 0. The van der Waals surface area contributed by atoms with Crippen molar-refractivity contribution in [3.05, 3.63) is 35.9 Å². The monoisotopic (exact) mass is 288 g/mol. The zero-order valence-electron chi connectivity index (χ0n) is 13.3. The highest BCUT2D eigenvalue weighted by molar-refractivity contribution is 5.78. The van der Waals surface area contributed by atoms with Crippen molar-refractivity contribution in [2.45, 2.75) is 57.5 Å². The highest BCUT2D eigenvalue weighted by Gasteiger charge is 2.19. The molecule has 1 fully saturated rings. The summed E-state index contributed by atoms with van der Waals surface area (Å²) in [5.74, 6) is 0.123. The van der Waals surface area contributed by atoms with Crippen molar-refractivity contribution < 1.29 is 4.79 Å². The molecule has 1 aliphatic carbocycles. The van der Waals surface area contributed by atoms with E-state index in [0.29, 0.717) is 12.6 Å². The fourth-order valence-electron chi connectivity index (χ4n) is 3.17. The minimum Gasteiger partial charge on any atom is -0.348 e. The van der Waals surface area contributed by atoms with E-state index in [9.17, 15) is 4.79 Å². The number of amides is 1. The predicted molar refractivity (Wildman–Crippen MR) is 87.1 cm³/mol. The van der Waals surface area contributed by atoms with E-state index in [1.165, 1.54) is 38.5 Å². The maximum atomic E-state index is 12.2. The SMILES string of the molecule is CC(NC(=O)CN(C)C1CCCCCC1)c1ccccc1. The average molecular weight is 288 g/mol. The summed E-state index contributed by atoms with van der Waals surface area (Å²) in [5.41, 5.74) is 1.16. The van der Waals surface area contributed by atoms with Crippen LogP contribution >= 0.6 is 0 Å². The van der Waals surface area contributed by atoms with Crippen LogP contribution in [0.2, 0.25) is 0 Å². The molecule has 1 saturated carbocycles. The second-order valence-corrected chi connectivity index (χ2v) is 6.26. The molecule has 0 radical (unpaired) electrons. The first-order chi connectivity index (χ1) is 10.2. The third-order valence-electron chi connectivity index (χ3n) is 4.52. The molecule has 0 aliphatic heterocycles. The number of nitrogens with one attached hydrogen (secondary N) is 1. The summed E-state index contributed by atoms with van der Waals surface area (Å²) in [7, 11) is 2.09. The lowest BCUT2D eigenvalue weighted by Crippen LogP contribution is -2.41. The van der Waals surface area contributed by atoms with Gasteiger partial charge in [0.2, 0.25) is 5.91 Å². The van der Waals surface area contributed by atoms with Crippen LogP contribution in [0.25, 0.3) is 0 Å². The number of hydrogen-bond donors (Lipinski definition) is 1. The first-order valence-electron chi connectivity index (χ1n) is 8.21. The Morgan fingerprint density at radius 1 is 1.19 bits per heavy atom. The lowest BCUT2D eigenvalue weighted by atomic mass is 10.1. The Morgan fingerprint density at radius 2 is 1.81 bits per heavy atom. The van der Waals surface area contributed by atoms with Crippen LogP contribution in [0.15, 0.2) is 30.3 Å². The van der Waals surface area contributed by atoms with E-state index in [2.05, 4.69) is 29.4 Å². The van der Waals surface area contributed by atoms with Gasteiger partial charge in [-0.15, -0.1) is 0 Å². The van der Waals surface area contributed by atoms with Crippen molar-refractivity contribution in [1.29, 1.82) is 0 Å². The molecule has 1 unspecified atom stereocenters. The Kier molecular flexibility index (Phi) is 6.24. The van der Waals surface area contributed by atoms with Gasteiger partial charge < -0.3 is 5.32 Å². The van der Waals surface area contributed by atoms with Gasteiger partial charge in [0.1, 0.15) is 0 Å². The summed E-state index contributed by atoms with van der Waals surface area (Å²) in [4.78, 5) is 14.4. The molecule has 3 heteroatoms. The van der Waals surface area contributed by atoms with E-state index in [4.69, 9.17) is 0 Å². The van der Waals surface area contributed by atoms with Gasteiger partial charge in [-0.05, 0) is 32.4 Å². The smallest absolute Gasteiger partial charge is 0.234 e. The zero-order valence-corrected chi connectivity index (χ0v) is 13.3. The second kappa shape index (κ2) is 8.18. The van der Waals surface area contributed by atoms with Crippen LogP contribution < -0.4 is 5.32 Å². The van der Waals surface area contributed by atoms with Crippen molar-refractivity contribution in [1.82, 2.24) is 10.2 Å². The van der Waals surface area contributed by atoms with Crippen LogP contribution in [0.1, 0.15) is 57.1 Å². The Bertz CT molecular complexity index is 424. The van der Waals surface area contributed by atoms with Crippen LogP contribution in [-0.2, 0) is 4.79 Å². The topological polar surface area (TPSA) is 32.3 Å². The zero-order chi connectivity index (χ0) is 15.1. The molecule has 0 bridgehead atoms. The van der Waals surface area contributed by atoms with E-state index in [-0.39, 0.29) is 11.9 Å². The van der Waals surface area contributed by atoms with Crippen molar-refractivity contribution in [2.75, 3.05) is 13.6 Å². The molecule has 1 N–H and O–H groups in total. The van der Waals surface area contributed by atoms with Crippen molar-refractivity contribution in [3.63, 3.8) is 0 Å². The number of rotatable bonds is 5. The third-order valence-corrected chi connectivity index (χ3v) is 4.52. The van der Waals surface area contributed by atoms with Gasteiger partial charge in [-0.1, -0.05) is 56.0 Å². The quantitative estimate of drug-likeness (QED) is 0.841. The fraction of sp³-hybridized carbons (Fsp3) is 0.611. The van der Waals surface area contributed by atoms with Crippen molar-refractivity contribution in [2.24, 2.45) is 0 Å². The molecule has 3 nitrogen and oxygen atoms in total. The molecular formula is C18H28N2O. The summed E-state index contributed by atoms with van der Waals surface area (Å²) in [6, 6.07) is 10.8. The lowest BCUT2D eigenvalue weighted by Gasteiger charge is -2.27. The van der Waals surface area contributed by atoms with Crippen LogP contribution in [0.3, 0.4) is 0 Å². The van der Waals surface area contributed by atoms with Crippen molar-refractivity contribution >= 4 is 5.91 Å². The largest absolute Gasteiger partial charge is 0.348 e. The second-order valence-electron chi connectivity index (χ2n) is 6.26. The highest BCUT2D eigenvalue weighted by atomic mass is 16.2. The molecule has 0 aromatic heterocycles. The lowest BCUT2D eigenvalue weighted by molar-refractivity contribution is -0.123. The van der Waals surface area contributed by atoms with Crippen LogP contribution in [0.4, 0.5) is 0 Å². The Labute approximate surface area is 128 Å². The number of nitrogens with zero attached hydrogens (tertiary/aromatic N) is 1. The third kappa shape index (κ3) is 5.16. The van der Waals surface area contributed by atoms with Crippen molar-refractivity contribution in [3.8, 4) is 0 Å². The standard InChI is InChI=1S/C18H28N2O/c1-15(16-10-6-5-7-11-16)19-18(21)14-20(2)17-12-8-3-4-9-13-17/h5-7,10-11,15,17H,3-4,8-9,12-14H2,1-2H3,(H,19,21). The summed E-state index contributed by atoms with van der Waals surface area (Å²) in [5, 5.41) is 3.10. The number of benzene rings is 1. The Balaban J connectivity index is 1.80. The number of carbonyl (C=O) groups excluding carboxylic acids is 1. The van der Waals surface area contributed by atoms with Crippen LogP contribution in [0, 0.1) is 0 Å². The maximum absolute atomic E-state index is 12.2. The van der Waals surface area contributed by atoms with E-state index < -0.39 is 0 Å². The van der Waals surface area contributed by atoms with Gasteiger partial charge in [0.15, 0.2) is 0 Å². The molecule has 0 heterocycles. The Morgan fingerprint density at radius 3 is 2.43 bits per heavy atom. The first kappa shape index (κ1) is 16.0. The minimum atomic E-state index is 0.0706. The summed E-state index contributed by atoms with van der Waals surface area (Å²) in [6.07, 6.45) is 7.77. The molecule has 0 saturated heterocycles. The van der Waals surface area contributed by atoms with Gasteiger partial charge in [0.05, 0.1) is 12.6 Å². The molecule has 1 amide bonds. The van der Waals surface area contributed by atoms with Crippen LogP contribution in [-0.4, -0.2) is 30.4 Å². The molecule has 1 aromatic rings. The molecule has 116 valence electrons. The molecule has 21 heavy (non-hydrogen) atoms. The molecule has 0 spiro atoms. The average Bonchev–Trinajstić information content (AvgIpc) is 2.77. The van der Waals surface area contributed by atoms with E-state index in [1.54, 1.807) is 0 Å². The number of carbonyl (C=O) groups is 1. The van der Waals surface area contributed by atoms with Gasteiger partial charge in [0.25, 0.3) is 0 Å². The van der Waals surface area contributed by atoms with Gasteiger partial charge in [-0.3, -0.25) is 9.69 Å². The Hall–Kier alpha value is -1.35. The molecular weight excluding hydrogens is 260 g/mol. The number of likely N-dealkylation sites (N-methyl/N-ethyl adjacent to an activating group) is 1. The molecule has 1 atom stereocenters. The fourth-order valence-corrected chi connectivity index (χ4v) is 3.17. The molecule has 2 rings (SSSR count). The van der Waals surface area contributed by atoms with E-state index >= 15 is 0 Å². The molecule has 1 aromatic carbocycles. The van der Waals surface area contributed by atoms with Crippen LogP contribution in [0.5, 0.6) is 0 Å². The maximum Gasteiger partial charge on any atom is 0.234 e. The normalized spacial score (nSPS) is 18.2. The van der Waals surface area contributed by atoms with Gasteiger partial charge >= 0.3 is 0 Å². The molecule has 1 aliphatic rings. The van der Waals surface area contributed by atoms with E-state index in [0.717, 1.165) is 5.56 Å². The highest BCUT2D eigenvalue weighted by Crippen LogP contribution is 2.21. The number of hydrogen-bond acceptors (Lipinski definition) is 2. The predicted octanol–water partition coefficient (Wildman–Crippen LogP) is 3.52. The van der Waals surface area contributed by atoms with E-state index in [1.807, 2.05) is 25.1 Å². The first-order valence-corrected chi connectivity index (χ1v) is 8.21. The minimum absolute atomic E-state index is 0.0706. The van der Waals surface area contributed by atoms with Gasteiger partial charge in [-0.25, -0.2) is 0 Å². The summed E-state index contributed by atoms with van der Waals surface area (Å²) >= 11 is 0. The summed E-state index contributed by atoms with van der Waals surface area (Å²) in [6.45, 7) is 2.54.